The van der Waals surface area contributed by atoms with E-state index in [-0.39, 0.29) is 154 Å². The third kappa shape index (κ3) is 59.0. The first-order valence-corrected chi connectivity index (χ1v) is 10.9. The molecule has 0 saturated heterocycles. The maximum absolute atomic E-state index is 8.66. The minimum absolute atomic E-state index is 0. The molecule has 0 spiro atoms. The van der Waals surface area contributed by atoms with E-state index in [1.807, 2.05) is 0 Å². The van der Waals surface area contributed by atoms with Crippen LogP contribution in [0.3, 0.4) is 0 Å². The molecule has 0 bridgehead atoms. The van der Waals surface area contributed by atoms with E-state index in [9.17, 15) is 0 Å². The Balaban J connectivity index is -0.000000178. The first-order chi connectivity index (χ1) is 11.4. The summed E-state index contributed by atoms with van der Waals surface area (Å²) in [7, 11) is -5.39. The quantitative estimate of drug-likeness (QED) is 0.109. The number of hydrogen-bond donors (Lipinski definition) is 1. The van der Waals surface area contributed by atoms with Crippen LogP contribution in [0, 0.1) is 0 Å². The molecule has 0 amide bonds. The SMILES string of the molecule is CCCCCCCC/C=C\CCCCCCCCO.O=P([O-])([O-])[O-].[K+].[K+].[K+]. The molecule has 5 nitrogen and oxygen atoms in total. The van der Waals surface area contributed by atoms with E-state index in [0.717, 1.165) is 6.42 Å². The van der Waals surface area contributed by atoms with Crippen LogP contribution in [0.5, 0.6) is 0 Å². The summed E-state index contributed by atoms with van der Waals surface area (Å²) in [6.07, 6.45) is 23.2. The summed E-state index contributed by atoms with van der Waals surface area (Å²) >= 11 is 0. The van der Waals surface area contributed by atoms with E-state index in [4.69, 9.17) is 24.4 Å². The first kappa shape index (κ1) is 41.9. The Morgan fingerprint density at radius 2 is 0.963 bits per heavy atom. The zero-order chi connectivity index (χ0) is 18.5. The van der Waals surface area contributed by atoms with E-state index in [2.05, 4.69) is 19.1 Å². The summed E-state index contributed by atoms with van der Waals surface area (Å²) in [5.74, 6) is 0. The van der Waals surface area contributed by atoms with Crippen LogP contribution in [-0.4, -0.2) is 11.7 Å². The molecule has 0 rings (SSSR count). The van der Waals surface area contributed by atoms with Gasteiger partial charge < -0.3 is 24.4 Å². The molecule has 1 N–H and O–H groups in total. The summed E-state index contributed by atoms with van der Waals surface area (Å²) in [6, 6.07) is 0. The Morgan fingerprint density at radius 3 is 1.30 bits per heavy atom. The van der Waals surface area contributed by atoms with Crippen molar-refractivity contribution in [3.63, 3.8) is 0 Å². The number of aliphatic hydroxyl groups excluding tert-OH is 1. The van der Waals surface area contributed by atoms with Crippen molar-refractivity contribution in [3.8, 4) is 0 Å². The fourth-order valence-electron chi connectivity index (χ4n) is 2.36. The molecule has 0 radical (unpaired) electrons. The Bertz CT molecular complexity index is 307. The fourth-order valence-corrected chi connectivity index (χ4v) is 2.36. The van der Waals surface area contributed by atoms with Crippen LogP contribution in [0.1, 0.15) is 96.8 Å². The molecular formula is C18H36K3O5P. The van der Waals surface area contributed by atoms with Crippen molar-refractivity contribution < 1.29 is 179 Å². The van der Waals surface area contributed by atoms with Gasteiger partial charge >= 0.3 is 154 Å². The fraction of sp³-hybridized carbons (Fsp3) is 0.889. The van der Waals surface area contributed by atoms with Gasteiger partial charge in [-0.2, -0.15) is 7.82 Å². The standard InChI is InChI=1S/C18H36O.3K.H3O4P/c1-2-3-4-5-6-7-8-9-10-11-12-13-14-15-16-17-18-19;;;;1-5(2,3)4/h9-10,19H,2-8,11-18H2,1H3;;;;(H3,1,2,3,4)/q;3*+1;/p-3/b10-9-;;;;. The summed E-state index contributed by atoms with van der Waals surface area (Å²) in [4.78, 5) is 25.6. The van der Waals surface area contributed by atoms with Crippen molar-refractivity contribution in [2.75, 3.05) is 6.61 Å². The van der Waals surface area contributed by atoms with Crippen molar-refractivity contribution in [1.82, 2.24) is 0 Å². The number of allylic oxidation sites excluding steroid dienone is 2. The van der Waals surface area contributed by atoms with Gasteiger partial charge in [0.15, 0.2) is 0 Å². The van der Waals surface area contributed by atoms with Gasteiger partial charge in [0, 0.05) is 6.61 Å². The predicted octanol–water partition coefficient (Wildman–Crippen LogP) is -5.80. The average molecular weight is 481 g/mol. The van der Waals surface area contributed by atoms with Gasteiger partial charge in [-0.1, -0.05) is 76.9 Å². The summed E-state index contributed by atoms with van der Waals surface area (Å²) in [6.45, 7) is 2.64. The van der Waals surface area contributed by atoms with Crippen molar-refractivity contribution in [2.45, 2.75) is 96.8 Å². The smallest absolute Gasteiger partial charge is 0.822 e. The number of unbranched alkanes of at least 4 members (excludes halogenated alkanes) is 12. The second-order valence-corrected chi connectivity index (χ2v) is 7.00. The van der Waals surface area contributed by atoms with Gasteiger partial charge in [-0.25, -0.2) is 0 Å². The number of aliphatic hydroxyl groups is 1. The molecule has 0 aliphatic heterocycles. The largest absolute Gasteiger partial charge is 1.00 e. The maximum atomic E-state index is 8.66. The zero-order valence-corrected chi connectivity index (χ0v) is 28.6. The Hall–Kier alpha value is 4.72. The van der Waals surface area contributed by atoms with E-state index in [0.29, 0.717) is 6.61 Å². The molecule has 0 saturated carbocycles. The molecule has 0 aromatic carbocycles. The summed E-state index contributed by atoms with van der Waals surface area (Å²) in [5, 5.41) is 8.66. The Labute approximate surface area is 295 Å². The monoisotopic (exact) mass is 480 g/mol. The predicted molar refractivity (Wildman–Crippen MR) is 94.1 cm³/mol. The van der Waals surface area contributed by atoms with Crippen LogP contribution in [-0.2, 0) is 4.57 Å². The molecular weight excluding hydrogens is 444 g/mol. The molecule has 27 heavy (non-hydrogen) atoms. The molecule has 0 aromatic heterocycles. The van der Waals surface area contributed by atoms with Crippen LogP contribution in [0.2, 0.25) is 0 Å². The third-order valence-corrected chi connectivity index (χ3v) is 3.67. The first-order valence-electron chi connectivity index (χ1n) is 9.40. The molecule has 146 valence electrons. The number of rotatable bonds is 15. The molecule has 0 atom stereocenters. The third-order valence-electron chi connectivity index (χ3n) is 3.67. The number of phosphoric acid groups is 1. The van der Waals surface area contributed by atoms with Gasteiger partial charge in [0.2, 0.25) is 0 Å². The van der Waals surface area contributed by atoms with Gasteiger partial charge in [-0.3, -0.25) is 0 Å². The topological polar surface area (TPSA) is 106 Å². The van der Waals surface area contributed by atoms with E-state index in [1.165, 1.54) is 83.5 Å². The second-order valence-electron chi connectivity index (χ2n) is 6.11. The van der Waals surface area contributed by atoms with Gasteiger partial charge in [0.1, 0.15) is 0 Å². The van der Waals surface area contributed by atoms with Gasteiger partial charge in [0.25, 0.3) is 0 Å². The minimum Gasteiger partial charge on any atom is -0.822 e. The molecule has 0 aliphatic carbocycles. The van der Waals surface area contributed by atoms with Crippen molar-refractivity contribution >= 4 is 7.82 Å². The van der Waals surface area contributed by atoms with E-state index in [1.54, 1.807) is 0 Å². The maximum Gasteiger partial charge on any atom is 1.00 e. The van der Waals surface area contributed by atoms with Gasteiger partial charge in [0.05, 0.1) is 0 Å². The number of hydrogen-bond acceptors (Lipinski definition) is 5. The molecule has 0 fully saturated rings. The van der Waals surface area contributed by atoms with Gasteiger partial charge in [-0.05, 0) is 32.1 Å². The van der Waals surface area contributed by atoms with Crippen molar-refractivity contribution in [2.24, 2.45) is 0 Å². The Kier molecular flexibility index (Phi) is 54.8. The van der Waals surface area contributed by atoms with Crippen molar-refractivity contribution in [1.29, 1.82) is 0 Å². The summed E-state index contributed by atoms with van der Waals surface area (Å²) in [5.41, 5.74) is 0. The van der Waals surface area contributed by atoms with E-state index >= 15 is 0 Å². The second kappa shape index (κ2) is 35.3. The van der Waals surface area contributed by atoms with Crippen molar-refractivity contribution in [3.05, 3.63) is 12.2 Å². The molecule has 0 heterocycles. The summed E-state index contributed by atoms with van der Waals surface area (Å²) < 4.78 is 8.55. The molecule has 9 heteroatoms. The van der Waals surface area contributed by atoms with Crippen LogP contribution in [0.15, 0.2) is 12.2 Å². The van der Waals surface area contributed by atoms with Crippen LogP contribution in [0.4, 0.5) is 0 Å². The van der Waals surface area contributed by atoms with Crippen LogP contribution >= 0.6 is 7.82 Å². The van der Waals surface area contributed by atoms with Gasteiger partial charge in [-0.15, -0.1) is 0 Å². The Morgan fingerprint density at radius 1 is 0.667 bits per heavy atom. The molecule has 0 unspecified atom stereocenters. The average Bonchev–Trinajstić information content (AvgIpc) is 2.49. The minimum atomic E-state index is -5.39. The molecule has 0 aliphatic rings. The molecule has 0 aromatic rings. The van der Waals surface area contributed by atoms with Crippen LogP contribution < -0.4 is 169 Å². The normalized spacial score (nSPS) is 10.3. The zero-order valence-electron chi connectivity index (χ0n) is 18.3. The van der Waals surface area contributed by atoms with Crippen LogP contribution in [0.25, 0.3) is 0 Å². The van der Waals surface area contributed by atoms with E-state index < -0.39 is 7.82 Å².